The van der Waals surface area contributed by atoms with Crippen molar-refractivity contribution in [2.45, 2.75) is 12.3 Å². The number of thiol groups is 1. The molecular formula is C6H7NO3S. The highest BCUT2D eigenvalue weighted by atomic mass is 32.1. The zero-order valence-electron chi connectivity index (χ0n) is 5.79. The Balaban J connectivity index is 2.91. The fourth-order valence-electron chi connectivity index (χ4n) is 0.722. The van der Waals surface area contributed by atoms with Crippen LogP contribution in [0, 0.1) is 0 Å². The molecule has 4 nitrogen and oxygen atoms in total. The second-order valence-electron chi connectivity index (χ2n) is 2.20. The summed E-state index contributed by atoms with van der Waals surface area (Å²) < 4.78 is 0. The Bertz CT molecular complexity index is 337. The van der Waals surface area contributed by atoms with Crippen molar-refractivity contribution in [1.29, 1.82) is 0 Å². The number of aromatic hydroxyl groups is 1. The van der Waals surface area contributed by atoms with Crippen molar-refractivity contribution in [2.24, 2.45) is 0 Å². The molecule has 1 rings (SSSR count). The molecule has 0 saturated carbocycles. The summed E-state index contributed by atoms with van der Waals surface area (Å²) in [5.41, 5.74) is -1.54. The van der Waals surface area contributed by atoms with Gasteiger partial charge in [0, 0.05) is 0 Å². The average Bonchev–Trinajstić information content (AvgIpc) is 1.98. The molecule has 0 heterocycles. The third kappa shape index (κ3) is 1.23. The highest BCUT2D eigenvalue weighted by molar-refractivity contribution is 7.81. The summed E-state index contributed by atoms with van der Waals surface area (Å²) in [5, 5.41) is 11.1. The van der Waals surface area contributed by atoms with Gasteiger partial charge >= 0.3 is 0 Å². The Morgan fingerprint density at radius 2 is 2.00 bits per heavy atom. The lowest BCUT2D eigenvalue weighted by atomic mass is 10.2. The van der Waals surface area contributed by atoms with Crippen LogP contribution < -0.4 is 16.2 Å². The first kappa shape index (κ1) is 8.13. The normalized spacial score (nSPS) is 13.3. The van der Waals surface area contributed by atoms with E-state index in [2.05, 4.69) is 17.9 Å². The van der Waals surface area contributed by atoms with Gasteiger partial charge in [-0.25, -0.2) is 0 Å². The van der Waals surface area contributed by atoms with Gasteiger partial charge in [-0.2, -0.15) is 12.6 Å². The van der Waals surface area contributed by atoms with Gasteiger partial charge in [0.1, 0.15) is 5.69 Å². The molecule has 0 aliphatic rings. The lowest BCUT2D eigenvalue weighted by Crippen LogP contribution is -2.34. The summed E-state index contributed by atoms with van der Waals surface area (Å²) in [6, 6.07) is 0. The average molecular weight is 173 g/mol. The number of anilines is 1. The van der Waals surface area contributed by atoms with Crippen LogP contribution in [0.4, 0.5) is 5.69 Å². The molecule has 1 unspecified atom stereocenters. The first-order valence-electron chi connectivity index (χ1n) is 3.01. The Morgan fingerprint density at radius 3 is 2.36 bits per heavy atom. The maximum Gasteiger partial charge on any atom is 0.271 e. The van der Waals surface area contributed by atoms with Crippen molar-refractivity contribution in [2.75, 3.05) is 5.32 Å². The van der Waals surface area contributed by atoms with Crippen LogP contribution in [-0.2, 0) is 0 Å². The minimum Gasteiger partial charge on any atom is -0.502 e. The number of hydrogen-bond donors (Lipinski definition) is 3. The monoisotopic (exact) mass is 173 g/mol. The van der Waals surface area contributed by atoms with Crippen molar-refractivity contribution < 1.29 is 5.11 Å². The minimum atomic E-state index is -0.832. The molecule has 60 valence electrons. The van der Waals surface area contributed by atoms with E-state index in [9.17, 15) is 9.59 Å². The van der Waals surface area contributed by atoms with Crippen molar-refractivity contribution >= 4 is 18.3 Å². The molecule has 0 amide bonds. The largest absolute Gasteiger partial charge is 0.502 e. The summed E-state index contributed by atoms with van der Waals surface area (Å²) in [6.07, 6.45) is 0. The molecule has 1 aromatic rings. The van der Waals surface area contributed by atoms with Crippen LogP contribution >= 0.6 is 12.6 Å². The molecule has 2 N–H and O–H groups in total. The van der Waals surface area contributed by atoms with Gasteiger partial charge < -0.3 is 10.4 Å². The van der Waals surface area contributed by atoms with Gasteiger partial charge in [0.25, 0.3) is 10.9 Å². The molecule has 1 aromatic carbocycles. The first-order valence-corrected chi connectivity index (χ1v) is 3.52. The van der Waals surface area contributed by atoms with Gasteiger partial charge in [-0.1, -0.05) is 0 Å². The third-order valence-corrected chi connectivity index (χ3v) is 1.37. The zero-order chi connectivity index (χ0) is 8.59. The molecule has 1 atom stereocenters. The van der Waals surface area contributed by atoms with Crippen LogP contribution in [0.2, 0.25) is 0 Å². The molecular weight excluding hydrogens is 166 g/mol. The molecule has 0 bridgehead atoms. The smallest absolute Gasteiger partial charge is 0.271 e. The Hall–Kier alpha value is -0.970. The molecule has 0 aromatic heterocycles. The Morgan fingerprint density at radius 1 is 1.45 bits per heavy atom. The van der Waals surface area contributed by atoms with E-state index in [-0.39, 0.29) is 11.1 Å². The van der Waals surface area contributed by atoms with E-state index in [0.717, 1.165) is 0 Å². The molecule has 11 heavy (non-hydrogen) atoms. The summed E-state index contributed by atoms with van der Waals surface area (Å²) in [5.74, 6) is -0.490. The van der Waals surface area contributed by atoms with Crippen LogP contribution in [0.3, 0.4) is 0 Å². The Labute approximate surface area is 68.0 Å². The van der Waals surface area contributed by atoms with E-state index in [1.807, 2.05) is 0 Å². The van der Waals surface area contributed by atoms with Gasteiger partial charge in [0.15, 0.2) is 5.75 Å². The second kappa shape index (κ2) is 2.58. The van der Waals surface area contributed by atoms with Crippen LogP contribution in [-0.4, -0.2) is 10.5 Å². The quantitative estimate of drug-likeness (QED) is 0.325. The molecule has 0 aliphatic carbocycles. The maximum atomic E-state index is 10.6. The van der Waals surface area contributed by atoms with E-state index in [4.69, 9.17) is 5.11 Å². The van der Waals surface area contributed by atoms with E-state index in [0.29, 0.717) is 0 Å². The standard InChI is InChI=1S/C6H7NO3S/c1-2(11)7-3-4(8)6(10)5(3)9/h2,7-8,11H,1H3. The fourth-order valence-corrected chi connectivity index (χ4v) is 0.852. The summed E-state index contributed by atoms with van der Waals surface area (Å²) >= 11 is 3.92. The van der Waals surface area contributed by atoms with Crippen molar-refractivity contribution in [3.63, 3.8) is 0 Å². The zero-order valence-corrected chi connectivity index (χ0v) is 6.68. The predicted molar refractivity (Wildman–Crippen MR) is 45.1 cm³/mol. The van der Waals surface area contributed by atoms with Crippen LogP contribution in [0.1, 0.15) is 6.92 Å². The summed E-state index contributed by atoms with van der Waals surface area (Å²) in [7, 11) is 0. The lowest BCUT2D eigenvalue weighted by Gasteiger charge is -2.10. The second-order valence-corrected chi connectivity index (χ2v) is 2.98. The first-order chi connectivity index (χ1) is 5.04. The minimum absolute atomic E-state index is 0.0301. The van der Waals surface area contributed by atoms with Gasteiger partial charge in [-0.3, -0.25) is 9.59 Å². The SMILES string of the molecule is CC(S)Nc1c(O)c(=O)c1=O. The Kier molecular flexibility index (Phi) is 1.90. The third-order valence-electron chi connectivity index (χ3n) is 1.24. The van der Waals surface area contributed by atoms with Crippen LogP contribution in [0.25, 0.3) is 0 Å². The number of hydrogen-bond acceptors (Lipinski definition) is 5. The van der Waals surface area contributed by atoms with Crippen LogP contribution in [0.5, 0.6) is 5.75 Å². The van der Waals surface area contributed by atoms with Crippen molar-refractivity contribution in [3.05, 3.63) is 20.4 Å². The number of nitrogens with one attached hydrogen (secondary N) is 1. The van der Waals surface area contributed by atoms with Gasteiger partial charge in [0.05, 0.1) is 5.37 Å². The van der Waals surface area contributed by atoms with E-state index < -0.39 is 16.6 Å². The van der Waals surface area contributed by atoms with E-state index >= 15 is 0 Å². The van der Waals surface area contributed by atoms with Gasteiger partial charge in [0.2, 0.25) is 0 Å². The number of rotatable bonds is 2. The highest BCUT2D eigenvalue weighted by Crippen LogP contribution is 2.15. The fraction of sp³-hybridized carbons (Fsp3) is 0.333. The van der Waals surface area contributed by atoms with Gasteiger partial charge in [-0.05, 0) is 6.92 Å². The van der Waals surface area contributed by atoms with E-state index in [1.165, 1.54) is 0 Å². The van der Waals surface area contributed by atoms with Gasteiger partial charge in [-0.15, -0.1) is 0 Å². The predicted octanol–water partition coefficient (Wildman–Crippen LogP) is -0.324. The molecule has 0 aliphatic heterocycles. The highest BCUT2D eigenvalue weighted by Gasteiger charge is 2.19. The molecule has 0 spiro atoms. The van der Waals surface area contributed by atoms with Crippen molar-refractivity contribution in [1.82, 2.24) is 0 Å². The van der Waals surface area contributed by atoms with Crippen molar-refractivity contribution in [3.8, 4) is 5.75 Å². The molecule has 0 saturated heterocycles. The topological polar surface area (TPSA) is 66.4 Å². The molecule has 0 fully saturated rings. The van der Waals surface area contributed by atoms with Crippen LogP contribution in [0.15, 0.2) is 9.59 Å². The lowest BCUT2D eigenvalue weighted by molar-refractivity contribution is 0.465. The summed E-state index contributed by atoms with van der Waals surface area (Å²) in [6.45, 7) is 1.68. The maximum absolute atomic E-state index is 10.6. The molecule has 0 radical (unpaired) electrons. The van der Waals surface area contributed by atoms with E-state index in [1.54, 1.807) is 6.92 Å². The summed E-state index contributed by atoms with van der Waals surface area (Å²) in [4.78, 5) is 21.1. The molecule has 5 heteroatoms.